The van der Waals surface area contributed by atoms with E-state index in [0.29, 0.717) is 11.3 Å². The number of pyridine rings is 1. The van der Waals surface area contributed by atoms with Crippen molar-refractivity contribution in [3.63, 3.8) is 0 Å². The Morgan fingerprint density at radius 3 is 2.63 bits per heavy atom. The third-order valence-electron chi connectivity index (χ3n) is 2.37. The fraction of sp³-hybridized carbons (Fsp3) is 0.0769. The van der Waals surface area contributed by atoms with Crippen LogP contribution in [0, 0.1) is 0 Å². The first kappa shape index (κ1) is 13.2. The highest BCUT2D eigenvalue weighted by Gasteiger charge is 2.10. The number of phenolic OH excluding ortho intramolecular Hbond substituents is 1. The van der Waals surface area contributed by atoms with Gasteiger partial charge in [-0.2, -0.15) is 0 Å². The second-order valence-corrected chi connectivity index (χ2v) is 4.11. The summed E-state index contributed by atoms with van der Waals surface area (Å²) in [6, 6.07) is 9.08. The number of rotatable bonds is 3. The van der Waals surface area contributed by atoms with Gasteiger partial charge in [0, 0.05) is 17.3 Å². The fourth-order valence-corrected chi connectivity index (χ4v) is 1.66. The normalized spacial score (nSPS) is 10.0. The van der Waals surface area contributed by atoms with E-state index in [9.17, 15) is 4.79 Å². The third kappa shape index (κ3) is 3.35. The lowest BCUT2D eigenvalue weighted by Crippen LogP contribution is -2.12. The zero-order valence-corrected chi connectivity index (χ0v) is 10.8. The van der Waals surface area contributed by atoms with E-state index >= 15 is 0 Å². The van der Waals surface area contributed by atoms with E-state index < -0.39 is 0 Å². The number of hydrogen-bond donors (Lipinski definition) is 2. The Balaban J connectivity index is 2.20. The van der Waals surface area contributed by atoms with Gasteiger partial charge in [0.1, 0.15) is 10.9 Å². The van der Waals surface area contributed by atoms with Crippen molar-refractivity contribution in [2.45, 2.75) is 0 Å². The summed E-state index contributed by atoms with van der Waals surface area (Å²) in [5.41, 5.74) is 0.902. The minimum absolute atomic E-state index is 0.131. The zero-order valence-electron chi connectivity index (χ0n) is 10.1. The van der Waals surface area contributed by atoms with Gasteiger partial charge in [0.2, 0.25) is 5.88 Å². The van der Waals surface area contributed by atoms with Gasteiger partial charge in [0.05, 0.1) is 7.11 Å². The van der Waals surface area contributed by atoms with Gasteiger partial charge in [-0.25, -0.2) is 4.98 Å². The number of nitrogens with zero attached hydrogens (tertiary/aromatic N) is 1. The van der Waals surface area contributed by atoms with Crippen molar-refractivity contribution in [3.05, 3.63) is 47.1 Å². The molecular formula is C13H11ClN2O3. The molecule has 2 aromatic rings. The third-order valence-corrected chi connectivity index (χ3v) is 2.56. The number of nitrogens with one attached hydrogen (secondary N) is 1. The summed E-state index contributed by atoms with van der Waals surface area (Å²) in [5.74, 6) is 0.0586. The monoisotopic (exact) mass is 278 g/mol. The van der Waals surface area contributed by atoms with Gasteiger partial charge in [-0.3, -0.25) is 4.79 Å². The summed E-state index contributed by atoms with van der Waals surface area (Å²) >= 11 is 5.79. The molecule has 0 aliphatic heterocycles. The lowest BCUT2D eigenvalue weighted by atomic mass is 10.2. The van der Waals surface area contributed by atoms with Crippen LogP contribution < -0.4 is 10.1 Å². The highest BCUT2D eigenvalue weighted by Crippen LogP contribution is 2.18. The largest absolute Gasteiger partial charge is 0.508 e. The molecule has 0 unspecified atom stereocenters. The van der Waals surface area contributed by atoms with Crippen molar-refractivity contribution < 1.29 is 14.6 Å². The average molecular weight is 279 g/mol. The number of benzene rings is 1. The van der Waals surface area contributed by atoms with Crippen LogP contribution in [0.5, 0.6) is 11.6 Å². The summed E-state index contributed by atoms with van der Waals surface area (Å²) in [5, 5.41) is 12.0. The van der Waals surface area contributed by atoms with Gasteiger partial charge in [0.15, 0.2) is 0 Å². The molecule has 0 radical (unpaired) electrons. The first-order valence-corrected chi connectivity index (χ1v) is 5.78. The van der Waals surface area contributed by atoms with Crippen LogP contribution in [-0.4, -0.2) is 23.1 Å². The van der Waals surface area contributed by atoms with E-state index in [1.807, 2.05) is 0 Å². The number of carbonyl (C=O) groups is 1. The van der Waals surface area contributed by atoms with Gasteiger partial charge in [-0.1, -0.05) is 11.6 Å². The van der Waals surface area contributed by atoms with E-state index in [2.05, 4.69) is 10.3 Å². The number of amides is 1. The second-order valence-electron chi connectivity index (χ2n) is 3.72. The Morgan fingerprint density at radius 1 is 1.32 bits per heavy atom. The van der Waals surface area contributed by atoms with Crippen molar-refractivity contribution >= 4 is 23.2 Å². The number of aromatic hydroxyl groups is 1. The summed E-state index contributed by atoms with van der Waals surface area (Å²) < 4.78 is 4.94. The number of hydrogen-bond acceptors (Lipinski definition) is 4. The average Bonchev–Trinajstić information content (AvgIpc) is 2.40. The van der Waals surface area contributed by atoms with E-state index in [1.165, 1.54) is 31.4 Å². The lowest BCUT2D eigenvalue weighted by molar-refractivity contribution is 0.102. The molecule has 0 bridgehead atoms. The second kappa shape index (κ2) is 5.58. The predicted octanol–water partition coefficient (Wildman–Crippen LogP) is 2.70. The van der Waals surface area contributed by atoms with E-state index in [0.717, 1.165) is 0 Å². The van der Waals surface area contributed by atoms with Crippen LogP contribution in [0.4, 0.5) is 5.69 Å². The molecule has 0 saturated heterocycles. The topological polar surface area (TPSA) is 71.5 Å². The molecule has 2 N–H and O–H groups in total. The van der Waals surface area contributed by atoms with Crippen molar-refractivity contribution in [1.82, 2.24) is 4.98 Å². The van der Waals surface area contributed by atoms with Crippen LogP contribution in [0.2, 0.25) is 5.15 Å². The van der Waals surface area contributed by atoms with E-state index in [-0.39, 0.29) is 22.7 Å². The van der Waals surface area contributed by atoms with E-state index in [1.54, 1.807) is 12.1 Å². The van der Waals surface area contributed by atoms with Crippen LogP contribution in [0.15, 0.2) is 36.4 Å². The van der Waals surface area contributed by atoms with Crippen molar-refractivity contribution in [2.75, 3.05) is 12.4 Å². The number of carbonyl (C=O) groups excluding carboxylic acids is 1. The first-order chi connectivity index (χ1) is 9.08. The highest BCUT2D eigenvalue weighted by molar-refractivity contribution is 6.30. The first-order valence-electron chi connectivity index (χ1n) is 5.40. The minimum atomic E-state index is -0.340. The summed E-state index contributed by atoms with van der Waals surface area (Å²) in [4.78, 5) is 15.9. The van der Waals surface area contributed by atoms with Gasteiger partial charge in [-0.05, 0) is 30.3 Å². The number of anilines is 1. The van der Waals surface area contributed by atoms with Crippen molar-refractivity contribution in [2.24, 2.45) is 0 Å². The Kier molecular flexibility index (Phi) is 3.87. The molecule has 0 fully saturated rings. The van der Waals surface area contributed by atoms with Gasteiger partial charge in [0.25, 0.3) is 5.91 Å². The van der Waals surface area contributed by atoms with Crippen LogP contribution in [0.1, 0.15) is 10.4 Å². The zero-order chi connectivity index (χ0) is 13.8. The van der Waals surface area contributed by atoms with Crippen LogP contribution in [0.25, 0.3) is 0 Å². The molecule has 1 heterocycles. The Bertz CT molecular complexity index is 599. The molecule has 19 heavy (non-hydrogen) atoms. The summed E-state index contributed by atoms with van der Waals surface area (Å²) in [6.45, 7) is 0. The number of ether oxygens (including phenoxy) is 1. The molecule has 6 heteroatoms. The maximum atomic E-state index is 12.0. The number of aromatic nitrogens is 1. The molecule has 1 amide bonds. The number of phenols is 1. The molecule has 0 aliphatic carbocycles. The predicted molar refractivity (Wildman–Crippen MR) is 71.9 cm³/mol. The lowest BCUT2D eigenvalue weighted by Gasteiger charge is -2.07. The Labute approximate surface area is 114 Å². The molecule has 0 saturated carbocycles. The molecule has 2 rings (SSSR count). The van der Waals surface area contributed by atoms with Gasteiger partial charge < -0.3 is 15.2 Å². The van der Waals surface area contributed by atoms with Crippen LogP contribution in [-0.2, 0) is 0 Å². The van der Waals surface area contributed by atoms with Crippen molar-refractivity contribution in [3.8, 4) is 11.6 Å². The summed E-state index contributed by atoms with van der Waals surface area (Å²) in [6.07, 6.45) is 0. The Morgan fingerprint density at radius 2 is 2.00 bits per heavy atom. The maximum absolute atomic E-state index is 12.0. The smallest absolute Gasteiger partial charge is 0.255 e. The Hall–Kier alpha value is -2.27. The number of methoxy groups -OCH3 is 1. The summed E-state index contributed by atoms with van der Waals surface area (Å²) in [7, 11) is 1.44. The SMILES string of the molecule is COc1cc(C(=O)Nc2ccc(O)cc2)cc(Cl)n1. The minimum Gasteiger partial charge on any atom is -0.508 e. The maximum Gasteiger partial charge on any atom is 0.255 e. The van der Waals surface area contributed by atoms with E-state index in [4.69, 9.17) is 21.4 Å². The quantitative estimate of drug-likeness (QED) is 0.669. The van der Waals surface area contributed by atoms with Crippen LogP contribution in [0.3, 0.4) is 0 Å². The highest BCUT2D eigenvalue weighted by atomic mass is 35.5. The molecule has 0 atom stereocenters. The molecular weight excluding hydrogens is 268 g/mol. The molecule has 0 aliphatic rings. The number of halogens is 1. The molecule has 1 aromatic carbocycles. The molecule has 1 aromatic heterocycles. The molecule has 98 valence electrons. The van der Waals surface area contributed by atoms with Crippen LogP contribution >= 0.6 is 11.6 Å². The van der Waals surface area contributed by atoms with Gasteiger partial charge in [-0.15, -0.1) is 0 Å². The fourth-order valence-electron chi connectivity index (χ4n) is 1.46. The van der Waals surface area contributed by atoms with Gasteiger partial charge >= 0.3 is 0 Å². The standard InChI is InChI=1S/C13H11ClN2O3/c1-19-12-7-8(6-11(14)16-12)13(18)15-9-2-4-10(17)5-3-9/h2-7,17H,1H3,(H,15,18). The molecule has 5 nitrogen and oxygen atoms in total. The van der Waals surface area contributed by atoms with Crippen molar-refractivity contribution in [1.29, 1.82) is 0 Å². The molecule has 0 spiro atoms.